The van der Waals surface area contributed by atoms with Gasteiger partial charge in [0.25, 0.3) is 11.8 Å². The topological polar surface area (TPSA) is 107 Å². The quantitative estimate of drug-likeness (QED) is 0.497. The van der Waals surface area contributed by atoms with Gasteiger partial charge in [0.05, 0.1) is 16.0 Å². The Hall–Kier alpha value is -2.73. The summed E-state index contributed by atoms with van der Waals surface area (Å²) in [5.74, 6) is -1.10. The lowest BCUT2D eigenvalue weighted by atomic mass is 10.1. The van der Waals surface area contributed by atoms with Gasteiger partial charge >= 0.3 is 6.18 Å². The summed E-state index contributed by atoms with van der Waals surface area (Å²) in [4.78, 5) is 36.1. The smallest absolute Gasteiger partial charge is 0.389 e. The number of alkyl halides is 3. The molecule has 3 heterocycles. The van der Waals surface area contributed by atoms with Gasteiger partial charge in [-0.05, 0) is 59.4 Å². The first-order chi connectivity index (χ1) is 16.7. The van der Waals surface area contributed by atoms with Crippen LogP contribution in [-0.2, 0) is 6.18 Å². The van der Waals surface area contributed by atoms with Crippen molar-refractivity contribution in [1.29, 1.82) is 0 Å². The van der Waals surface area contributed by atoms with E-state index in [0.29, 0.717) is 17.9 Å². The summed E-state index contributed by atoms with van der Waals surface area (Å²) in [5, 5.41) is 15.3. The van der Waals surface area contributed by atoms with Gasteiger partial charge in [-0.2, -0.15) is 13.2 Å². The molecule has 1 aliphatic carbocycles. The van der Waals surface area contributed by atoms with Crippen molar-refractivity contribution >= 4 is 29.0 Å². The molecule has 2 aliphatic rings. The van der Waals surface area contributed by atoms with Crippen molar-refractivity contribution in [2.75, 3.05) is 18.4 Å². The molecule has 2 amide bonds. The summed E-state index contributed by atoms with van der Waals surface area (Å²) in [5.41, 5.74) is -2.94. The average Bonchev–Trinajstić information content (AvgIpc) is 3.16. The molecular formula is C24H30F3N5O3S. The maximum Gasteiger partial charge on any atom is 0.417 e. The minimum atomic E-state index is -4.73. The van der Waals surface area contributed by atoms with Crippen LogP contribution in [0.2, 0.25) is 0 Å². The van der Waals surface area contributed by atoms with Crippen LogP contribution >= 0.6 is 11.3 Å². The van der Waals surface area contributed by atoms with Crippen molar-refractivity contribution in [3.8, 4) is 10.4 Å². The highest BCUT2D eigenvalue weighted by atomic mass is 32.1. The molecular weight excluding hydrogens is 495 g/mol. The van der Waals surface area contributed by atoms with Crippen LogP contribution in [0.1, 0.15) is 79.2 Å². The predicted octanol–water partition coefficient (Wildman–Crippen LogP) is 4.31. The number of aromatic nitrogens is 2. The molecule has 0 bridgehead atoms. The highest BCUT2D eigenvalue weighted by Gasteiger charge is 2.41. The number of halogens is 3. The van der Waals surface area contributed by atoms with E-state index in [2.05, 4.69) is 20.6 Å². The molecule has 0 aromatic carbocycles. The maximum atomic E-state index is 14.2. The number of nitrogens with one attached hydrogen (secondary N) is 2. The van der Waals surface area contributed by atoms with Gasteiger partial charge < -0.3 is 20.6 Å². The largest absolute Gasteiger partial charge is 0.417 e. The minimum Gasteiger partial charge on any atom is -0.389 e. The molecule has 12 heteroatoms. The van der Waals surface area contributed by atoms with Gasteiger partial charge in [0, 0.05) is 36.4 Å². The standard InChI is InChI=1S/C24H30F3N5O3S/c1-13-6-5-9-32(13)21(34)17-18(36-20(30-17)19(33)29-12-22(2,3)35)14-11-28-16(31-23(4)7-8-23)10-15(14)24(25,26)27/h10-11,13,35H,5-9,12H2,1-4H3,(H,28,31)(H,29,33)/t13-/m0/s1. The van der Waals surface area contributed by atoms with Gasteiger partial charge in [0.2, 0.25) is 0 Å². The van der Waals surface area contributed by atoms with Crippen LogP contribution in [-0.4, -0.2) is 62.1 Å². The van der Waals surface area contributed by atoms with E-state index in [-0.39, 0.29) is 45.1 Å². The van der Waals surface area contributed by atoms with Gasteiger partial charge in [-0.25, -0.2) is 9.97 Å². The van der Waals surface area contributed by atoms with Crippen molar-refractivity contribution in [2.24, 2.45) is 0 Å². The summed E-state index contributed by atoms with van der Waals surface area (Å²) in [6.07, 6.45) is -0.413. The Morgan fingerprint density at radius 3 is 2.56 bits per heavy atom. The van der Waals surface area contributed by atoms with Crippen molar-refractivity contribution in [3.63, 3.8) is 0 Å². The second kappa shape index (κ2) is 9.29. The highest BCUT2D eigenvalue weighted by Crippen LogP contribution is 2.43. The number of aliphatic hydroxyl groups is 1. The Morgan fingerprint density at radius 2 is 2.00 bits per heavy atom. The Labute approximate surface area is 211 Å². The molecule has 1 saturated carbocycles. The van der Waals surface area contributed by atoms with Crippen LogP contribution < -0.4 is 10.6 Å². The van der Waals surface area contributed by atoms with Crippen LogP contribution in [0.25, 0.3) is 10.4 Å². The number of likely N-dealkylation sites (tertiary alicyclic amines) is 1. The molecule has 0 unspecified atom stereocenters. The summed E-state index contributed by atoms with van der Waals surface area (Å²) in [6, 6.07) is 0.852. The number of carbonyl (C=O) groups is 2. The summed E-state index contributed by atoms with van der Waals surface area (Å²) in [7, 11) is 0. The molecule has 1 saturated heterocycles. The predicted molar refractivity (Wildman–Crippen MR) is 130 cm³/mol. The molecule has 2 aromatic rings. The van der Waals surface area contributed by atoms with E-state index in [1.807, 2.05) is 13.8 Å². The van der Waals surface area contributed by atoms with Gasteiger partial charge in [-0.15, -0.1) is 11.3 Å². The second-order valence-electron chi connectivity index (χ2n) is 10.5. The first kappa shape index (κ1) is 26.3. The van der Waals surface area contributed by atoms with Crippen LogP contribution in [0.5, 0.6) is 0 Å². The molecule has 2 fully saturated rings. The first-order valence-corrected chi connectivity index (χ1v) is 12.7. The number of anilines is 1. The lowest BCUT2D eigenvalue weighted by molar-refractivity contribution is -0.137. The van der Waals surface area contributed by atoms with E-state index >= 15 is 0 Å². The van der Waals surface area contributed by atoms with Crippen LogP contribution in [0.15, 0.2) is 12.3 Å². The van der Waals surface area contributed by atoms with Gasteiger partial charge in [0.1, 0.15) is 11.5 Å². The molecule has 1 atom stereocenters. The number of thiazole rings is 1. The van der Waals surface area contributed by atoms with Crippen molar-refractivity contribution in [1.82, 2.24) is 20.2 Å². The maximum absolute atomic E-state index is 14.2. The molecule has 4 rings (SSSR count). The summed E-state index contributed by atoms with van der Waals surface area (Å²) in [6.45, 7) is 7.15. The molecule has 196 valence electrons. The first-order valence-electron chi connectivity index (χ1n) is 11.8. The fourth-order valence-electron chi connectivity index (χ4n) is 4.05. The zero-order valence-electron chi connectivity index (χ0n) is 20.6. The number of amides is 2. The summed E-state index contributed by atoms with van der Waals surface area (Å²) < 4.78 is 42.6. The normalized spacial score (nSPS) is 19.3. The third-order valence-electron chi connectivity index (χ3n) is 6.40. The van der Waals surface area contributed by atoms with Crippen LogP contribution in [0.4, 0.5) is 19.0 Å². The van der Waals surface area contributed by atoms with Gasteiger partial charge in [-0.1, -0.05) is 0 Å². The Bertz CT molecular complexity index is 1170. The fraction of sp³-hybridized carbons (Fsp3) is 0.583. The Balaban J connectivity index is 1.78. The zero-order valence-corrected chi connectivity index (χ0v) is 21.4. The molecule has 2 aromatic heterocycles. The lowest BCUT2D eigenvalue weighted by Gasteiger charge is -2.21. The number of pyridine rings is 1. The van der Waals surface area contributed by atoms with E-state index < -0.39 is 29.2 Å². The van der Waals surface area contributed by atoms with E-state index in [1.54, 1.807) is 4.90 Å². The van der Waals surface area contributed by atoms with Crippen LogP contribution in [0, 0.1) is 0 Å². The number of carbonyl (C=O) groups excluding carboxylic acids is 2. The molecule has 0 radical (unpaired) electrons. The third kappa shape index (κ3) is 5.80. The minimum absolute atomic E-state index is 0.0588. The lowest BCUT2D eigenvalue weighted by Crippen LogP contribution is -2.38. The fourth-order valence-corrected chi connectivity index (χ4v) is 5.05. The molecule has 8 nitrogen and oxygen atoms in total. The molecule has 1 aliphatic heterocycles. The molecule has 3 N–H and O–H groups in total. The van der Waals surface area contributed by atoms with Gasteiger partial charge in [0.15, 0.2) is 5.01 Å². The Kier molecular flexibility index (Phi) is 6.80. The Morgan fingerprint density at radius 1 is 1.31 bits per heavy atom. The SMILES string of the molecule is C[C@H]1CCCN1C(=O)c1nc(C(=O)NCC(C)(C)O)sc1-c1cnc(NC2(C)CC2)cc1C(F)(F)F. The summed E-state index contributed by atoms with van der Waals surface area (Å²) >= 11 is 0.709. The van der Waals surface area contributed by atoms with E-state index in [0.717, 1.165) is 37.9 Å². The highest BCUT2D eigenvalue weighted by molar-refractivity contribution is 7.17. The molecule has 36 heavy (non-hydrogen) atoms. The second-order valence-corrected chi connectivity index (χ2v) is 11.5. The monoisotopic (exact) mass is 525 g/mol. The zero-order chi connectivity index (χ0) is 26.5. The number of hydrogen-bond donors (Lipinski definition) is 3. The molecule has 0 spiro atoms. The van der Waals surface area contributed by atoms with Crippen molar-refractivity contribution in [3.05, 3.63) is 28.5 Å². The van der Waals surface area contributed by atoms with Crippen LogP contribution in [0.3, 0.4) is 0 Å². The van der Waals surface area contributed by atoms with E-state index in [9.17, 15) is 27.9 Å². The van der Waals surface area contributed by atoms with E-state index in [4.69, 9.17) is 0 Å². The number of hydrogen-bond acceptors (Lipinski definition) is 7. The van der Waals surface area contributed by atoms with Crippen molar-refractivity contribution in [2.45, 2.75) is 76.7 Å². The number of rotatable bonds is 7. The average molecular weight is 526 g/mol. The third-order valence-corrected chi connectivity index (χ3v) is 7.49. The van der Waals surface area contributed by atoms with Crippen molar-refractivity contribution < 1.29 is 27.9 Å². The number of nitrogens with zero attached hydrogens (tertiary/aromatic N) is 3. The van der Waals surface area contributed by atoms with Gasteiger partial charge in [-0.3, -0.25) is 9.59 Å². The van der Waals surface area contributed by atoms with E-state index in [1.165, 1.54) is 13.8 Å².